The molecule has 2 nitrogen and oxygen atoms in total. The van der Waals surface area contributed by atoms with Gasteiger partial charge in [-0.3, -0.25) is 4.79 Å². The minimum Gasteiger partial charge on any atom is -0.330 e. The molecule has 0 spiro atoms. The van der Waals surface area contributed by atoms with Crippen LogP contribution in [0.3, 0.4) is 0 Å². The molecule has 0 saturated carbocycles. The molecule has 1 aliphatic rings. The second-order valence-corrected chi connectivity index (χ2v) is 6.31. The van der Waals surface area contributed by atoms with Crippen LogP contribution in [0, 0.1) is 9.39 Å². The van der Waals surface area contributed by atoms with E-state index >= 15 is 0 Å². The van der Waals surface area contributed by atoms with Crippen molar-refractivity contribution < 1.29 is 9.18 Å². The van der Waals surface area contributed by atoms with Crippen LogP contribution in [0.15, 0.2) is 36.4 Å². The number of nitrogens with zero attached hydrogens (tertiary/aromatic N) is 1. The Morgan fingerprint density at radius 3 is 2.65 bits per heavy atom. The third kappa shape index (κ3) is 2.54. The molecule has 0 unspecified atom stereocenters. The molecule has 2 aromatic carbocycles. The average molecular weight is 402 g/mol. The molecule has 1 amide bonds. The van der Waals surface area contributed by atoms with Crippen molar-refractivity contribution in [3.8, 4) is 0 Å². The summed E-state index contributed by atoms with van der Waals surface area (Å²) in [4.78, 5) is 14.2. The summed E-state index contributed by atoms with van der Waals surface area (Å²) in [6, 6.07) is 9.84. The molecule has 0 atom stereocenters. The van der Waals surface area contributed by atoms with Crippen LogP contribution in [0.5, 0.6) is 0 Å². The number of fused-ring (bicyclic) bond motifs is 1. The zero-order valence-corrected chi connectivity index (χ0v) is 13.3. The molecule has 0 fully saturated rings. The van der Waals surface area contributed by atoms with Gasteiger partial charge in [-0.1, -0.05) is 23.7 Å². The Morgan fingerprint density at radius 2 is 1.95 bits per heavy atom. The molecule has 0 N–H and O–H groups in total. The van der Waals surface area contributed by atoms with Crippen molar-refractivity contribution >= 4 is 40.1 Å². The maximum absolute atomic E-state index is 12.9. The van der Waals surface area contributed by atoms with E-state index < -0.39 is 0 Å². The number of hydrogen-bond donors (Lipinski definition) is 0. The lowest BCUT2D eigenvalue weighted by Gasteiger charge is -2.15. The Balaban J connectivity index is 1.87. The summed E-state index contributed by atoms with van der Waals surface area (Å²) >= 11 is 8.16. The van der Waals surface area contributed by atoms with E-state index in [9.17, 15) is 9.18 Å². The van der Waals surface area contributed by atoms with Crippen molar-refractivity contribution in [1.82, 2.24) is 4.90 Å². The molecule has 1 heterocycles. The summed E-state index contributed by atoms with van der Waals surface area (Å²) in [6.45, 7) is 1.02. The second-order valence-electron chi connectivity index (χ2n) is 4.71. The highest BCUT2D eigenvalue weighted by molar-refractivity contribution is 14.1. The van der Waals surface area contributed by atoms with Crippen LogP contribution in [0.2, 0.25) is 5.02 Å². The first-order chi connectivity index (χ1) is 9.54. The fourth-order valence-electron chi connectivity index (χ4n) is 2.36. The molecule has 102 valence electrons. The SMILES string of the molecule is O=C1c2c(I)cc(Cl)cc2CN1Cc1ccc(F)cc1. The Morgan fingerprint density at radius 1 is 1.25 bits per heavy atom. The van der Waals surface area contributed by atoms with Crippen LogP contribution in [-0.4, -0.2) is 10.8 Å². The van der Waals surface area contributed by atoms with Gasteiger partial charge in [0.15, 0.2) is 0 Å². The largest absolute Gasteiger partial charge is 0.330 e. The summed E-state index contributed by atoms with van der Waals surface area (Å²) in [5, 5.41) is 0.643. The summed E-state index contributed by atoms with van der Waals surface area (Å²) < 4.78 is 13.8. The van der Waals surface area contributed by atoms with E-state index in [1.165, 1.54) is 12.1 Å². The lowest BCUT2D eigenvalue weighted by Crippen LogP contribution is -2.23. The first kappa shape index (κ1) is 13.8. The lowest BCUT2D eigenvalue weighted by molar-refractivity contribution is 0.0766. The predicted octanol–water partition coefficient (Wildman–Crippen LogP) is 4.24. The van der Waals surface area contributed by atoms with Crippen molar-refractivity contribution in [2.24, 2.45) is 0 Å². The average Bonchev–Trinajstić information content (AvgIpc) is 2.69. The zero-order chi connectivity index (χ0) is 14.3. The van der Waals surface area contributed by atoms with Gasteiger partial charge in [-0.05, 0) is 58.0 Å². The first-order valence-corrected chi connectivity index (χ1v) is 7.52. The molecule has 0 aromatic heterocycles. The van der Waals surface area contributed by atoms with Gasteiger partial charge in [-0.25, -0.2) is 4.39 Å². The van der Waals surface area contributed by atoms with Gasteiger partial charge in [0.05, 0.1) is 5.56 Å². The molecule has 20 heavy (non-hydrogen) atoms. The maximum Gasteiger partial charge on any atom is 0.255 e. The number of rotatable bonds is 2. The summed E-state index contributed by atoms with van der Waals surface area (Å²) in [5.74, 6) is -0.267. The highest BCUT2D eigenvalue weighted by atomic mass is 127. The first-order valence-electron chi connectivity index (χ1n) is 6.06. The van der Waals surface area contributed by atoms with E-state index in [4.69, 9.17) is 11.6 Å². The highest BCUT2D eigenvalue weighted by Crippen LogP contribution is 2.31. The van der Waals surface area contributed by atoms with Crippen LogP contribution in [0.4, 0.5) is 4.39 Å². The van der Waals surface area contributed by atoms with E-state index in [1.807, 2.05) is 6.07 Å². The third-order valence-corrected chi connectivity index (χ3v) is 4.35. The van der Waals surface area contributed by atoms with Crippen molar-refractivity contribution in [3.05, 3.63) is 67.5 Å². The Labute approximate surface area is 134 Å². The molecule has 0 radical (unpaired) electrons. The Hall–Kier alpha value is -1.14. The van der Waals surface area contributed by atoms with E-state index in [0.717, 1.165) is 20.3 Å². The van der Waals surface area contributed by atoms with Gasteiger partial charge < -0.3 is 4.90 Å². The van der Waals surface area contributed by atoms with Crippen LogP contribution >= 0.6 is 34.2 Å². The van der Waals surface area contributed by atoms with Crippen LogP contribution in [0.25, 0.3) is 0 Å². The molecule has 0 aliphatic carbocycles. The lowest BCUT2D eigenvalue weighted by atomic mass is 10.1. The van der Waals surface area contributed by atoms with Gasteiger partial charge >= 0.3 is 0 Å². The van der Waals surface area contributed by atoms with Gasteiger partial charge in [0, 0.05) is 21.7 Å². The number of amides is 1. The minimum absolute atomic E-state index is 0.00499. The molecule has 0 bridgehead atoms. The van der Waals surface area contributed by atoms with Gasteiger partial charge in [0.2, 0.25) is 0 Å². The third-order valence-electron chi connectivity index (χ3n) is 3.29. The second kappa shape index (κ2) is 5.33. The van der Waals surface area contributed by atoms with Gasteiger partial charge in [0.25, 0.3) is 5.91 Å². The standard InChI is InChI=1S/C15H10ClFINO/c16-11-5-10-8-19(15(20)14(10)13(18)6-11)7-9-1-3-12(17)4-2-9/h1-6H,7-8H2. The number of carbonyl (C=O) groups excluding carboxylic acids is 1. The van der Waals surface area contributed by atoms with Gasteiger partial charge in [-0.2, -0.15) is 0 Å². The topological polar surface area (TPSA) is 20.3 Å². The molecule has 3 rings (SSSR count). The zero-order valence-electron chi connectivity index (χ0n) is 10.4. The molecular weight excluding hydrogens is 392 g/mol. The minimum atomic E-state index is -0.272. The summed E-state index contributed by atoms with van der Waals surface area (Å²) in [6.07, 6.45) is 0. The number of benzene rings is 2. The fraction of sp³-hybridized carbons (Fsp3) is 0.133. The van der Waals surface area contributed by atoms with E-state index in [-0.39, 0.29) is 11.7 Å². The summed E-state index contributed by atoms with van der Waals surface area (Å²) in [7, 11) is 0. The maximum atomic E-state index is 12.9. The smallest absolute Gasteiger partial charge is 0.255 e. The number of halogens is 3. The van der Waals surface area contributed by atoms with Crippen LogP contribution in [-0.2, 0) is 13.1 Å². The molecular formula is C15H10ClFINO. The normalized spacial score (nSPS) is 13.8. The number of hydrogen-bond acceptors (Lipinski definition) is 1. The molecule has 2 aromatic rings. The molecule has 0 saturated heterocycles. The quantitative estimate of drug-likeness (QED) is 0.689. The van der Waals surface area contributed by atoms with Crippen molar-refractivity contribution in [2.45, 2.75) is 13.1 Å². The van der Waals surface area contributed by atoms with Crippen LogP contribution < -0.4 is 0 Å². The van der Waals surface area contributed by atoms with Gasteiger partial charge in [0.1, 0.15) is 5.82 Å². The Bertz CT molecular complexity index is 687. The van der Waals surface area contributed by atoms with E-state index in [0.29, 0.717) is 18.1 Å². The fourth-order valence-corrected chi connectivity index (χ4v) is 3.70. The van der Waals surface area contributed by atoms with Gasteiger partial charge in [-0.15, -0.1) is 0 Å². The van der Waals surface area contributed by atoms with Crippen LogP contribution in [0.1, 0.15) is 21.5 Å². The van der Waals surface area contributed by atoms with Crippen molar-refractivity contribution in [3.63, 3.8) is 0 Å². The predicted molar refractivity (Wildman–Crippen MR) is 84.1 cm³/mol. The number of carbonyl (C=O) groups is 1. The highest BCUT2D eigenvalue weighted by Gasteiger charge is 2.29. The van der Waals surface area contributed by atoms with Crippen molar-refractivity contribution in [2.75, 3.05) is 0 Å². The van der Waals surface area contributed by atoms with E-state index in [2.05, 4.69) is 22.6 Å². The molecule has 5 heteroatoms. The van der Waals surface area contributed by atoms with E-state index in [1.54, 1.807) is 23.1 Å². The molecule has 1 aliphatic heterocycles. The monoisotopic (exact) mass is 401 g/mol. The van der Waals surface area contributed by atoms with Crippen molar-refractivity contribution in [1.29, 1.82) is 0 Å². The summed E-state index contributed by atoms with van der Waals surface area (Å²) in [5.41, 5.74) is 2.60. The Kier molecular flexibility index (Phi) is 3.69.